The lowest BCUT2D eigenvalue weighted by Gasteiger charge is -2.26. The van der Waals surface area contributed by atoms with Crippen LogP contribution in [-0.2, 0) is 0 Å². The molecule has 1 aliphatic rings. The lowest BCUT2D eigenvalue weighted by Crippen LogP contribution is -2.30. The number of carbonyl (C=O) groups is 1. The van der Waals surface area contributed by atoms with E-state index in [-0.39, 0.29) is 5.91 Å². The molecular formula is C22H21BrN4O. The molecule has 3 aromatic rings. The summed E-state index contributed by atoms with van der Waals surface area (Å²) in [5.41, 5.74) is 3.17. The molecule has 2 heterocycles. The van der Waals surface area contributed by atoms with Gasteiger partial charge < -0.3 is 10.2 Å². The van der Waals surface area contributed by atoms with Gasteiger partial charge in [0.25, 0.3) is 5.91 Å². The van der Waals surface area contributed by atoms with Crippen molar-refractivity contribution in [2.75, 3.05) is 23.3 Å². The molecule has 0 radical (unpaired) electrons. The van der Waals surface area contributed by atoms with Crippen LogP contribution in [0.15, 0.2) is 65.4 Å². The minimum absolute atomic E-state index is 0.147. The molecule has 0 saturated carbocycles. The summed E-state index contributed by atoms with van der Waals surface area (Å²) in [5.74, 6) is 0.637. The van der Waals surface area contributed by atoms with E-state index in [0.29, 0.717) is 5.56 Å². The molecule has 5 nitrogen and oxygen atoms in total. The standard InChI is InChI=1S/C22H21BrN4O/c23-19-8-5-9-20(13-19)26-21(28)17-7-4-6-16(12-17)18-14-24-22(25-15-18)27-10-2-1-3-11-27/h4-9,12-15H,1-3,10-11H2,(H,26,28). The molecule has 6 heteroatoms. The Hall–Kier alpha value is -2.73. The van der Waals surface area contributed by atoms with Gasteiger partial charge in [-0.15, -0.1) is 0 Å². The maximum absolute atomic E-state index is 12.6. The molecule has 0 aliphatic carbocycles. The highest BCUT2D eigenvalue weighted by Crippen LogP contribution is 2.23. The van der Waals surface area contributed by atoms with Crippen molar-refractivity contribution in [3.05, 3.63) is 71.0 Å². The Morgan fingerprint density at radius 2 is 1.68 bits per heavy atom. The van der Waals surface area contributed by atoms with Gasteiger partial charge in [-0.1, -0.05) is 34.1 Å². The van der Waals surface area contributed by atoms with Crippen LogP contribution in [0, 0.1) is 0 Å². The summed E-state index contributed by atoms with van der Waals surface area (Å²) >= 11 is 3.42. The van der Waals surface area contributed by atoms with Crippen LogP contribution in [0.3, 0.4) is 0 Å². The number of carbonyl (C=O) groups excluding carboxylic acids is 1. The highest BCUT2D eigenvalue weighted by Gasteiger charge is 2.14. The van der Waals surface area contributed by atoms with Crippen molar-refractivity contribution in [1.29, 1.82) is 0 Å². The summed E-state index contributed by atoms with van der Waals surface area (Å²) in [6.07, 6.45) is 7.34. The Balaban J connectivity index is 1.50. The highest BCUT2D eigenvalue weighted by molar-refractivity contribution is 9.10. The van der Waals surface area contributed by atoms with Gasteiger partial charge in [-0.3, -0.25) is 4.79 Å². The first-order valence-electron chi connectivity index (χ1n) is 9.43. The van der Waals surface area contributed by atoms with Gasteiger partial charge in [-0.2, -0.15) is 0 Å². The third-order valence-electron chi connectivity index (χ3n) is 4.82. The molecule has 4 rings (SSSR count). The van der Waals surface area contributed by atoms with E-state index >= 15 is 0 Å². The van der Waals surface area contributed by atoms with Gasteiger partial charge in [0, 0.05) is 46.8 Å². The zero-order valence-corrected chi connectivity index (χ0v) is 17.0. The average molecular weight is 437 g/mol. The predicted octanol–water partition coefficient (Wildman–Crippen LogP) is 5.15. The van der Waals surface area contributed by atoms with Gasteiger partial charge in [-0.25, -0.2) is 9.97 Å². The van der Waals surface area contributed by atoms with Crippen molar-refractivity contribution < 1.29 is 4.79 Å². The maximum atomic E-state index is 12.6. The van der Waals surface area contributed by atoms with Gasteiger partial charge >= 0.3 is 0 Å². The molecule has 1 amide bonds. The zero-order chi connectivity index (χ0) is 19.3. The predicted molar refractivity (Wildman–Crippen MR) is 116 cm³/mol. The summed E-state index contributed by atoms with van der Waals surface area (Å²) < 4.78 is 0.921. The van der Waals surface area contributed by atoms with Crippen LogP contribution in [0.2, 0.25) is 0 Å². The molecular weight excluding hydrogens is 416 g/mol. The number of halogens is 1. The second-order valence-corrected chi connectivity index (χ2v) is 7.78. The molecule has 0 atom stereocenters. The van der Waals surface area contributed by atoms with E-state index < -0.39 is 0 Å². The number of hydrogen-bond acceptors (Lipinski definition) is 4. The lowest BCUT2D eigenvalue weighted by atomic mass is 10.1. The number of aromatic nitrogens is 2. The Labute approximate surface area is 173 Å². The number of piperidine rings is 1. The Kier molecular flexibility index (Phi) is 5.67. The minimum Gasteiger partial charge on any atom is -0.341 e. The number of nitrogens with one attached hydrogen (secondary N) is 1. The number of amides is 1. The minimum atomic E-state index is -0.147. The van der Waals surface area contributed by atoms with Gasteiger partial charge in [-0.05, 0) is 55.2 Å². The van der Waals surface area contributed by atoms with Crippen LogP contribution in [0.1, 0.15) is 29.6 Å². The number of hydrogen-bond donors (Lipinski definition) is 1. The number of nitrogens with zero attached hydrogens (tertiary/aromatic N) is 3. The maximum Gasteiger partial charge on any atom is 0.255 e. The molecule has 1 aliphatic heterocycles. The van der Waals surface area contributed by atoms with Crippen molar-refractivity contribution in [3.8, 4) is 11.1 Å². The van der Waals surface area contributed by atoms with E-state index in [9.17, 15) is 4.79 Å². The van der Waals surface area contributed by atoms with Crippen LogP contribution in [0.4, 0.5) is 11.6 Å². The number of rotatable bonds is 4. The quantitative estimate of drug-likeness (QED) is 0.614. The third kappa shape index (κ3) is 4.39. The lowest BCUT2D eigenvalue weighted by molar-refractivity contribution is 0.102. The smallest absolute Gasteiger partial charge is 0.255 e. The molecule has 28 heavy (non-hydrogen) atoms. The van der Waals surface area contributed by atoms with Gasteiger partial charge in [0.1, 0.15) is 0 Å². The summed E-state index contributed by atoms with van der Waals surface area (Å²) in [4.78, 5) is 23.9. The molecule has 0 bridgehead atoms. The Morgan fingerprint density at radius 3 is 2.43 bits per heavy atom. The first-order chi connectivity index (χ1) is 13.7. The van der Waals surface area contributed by atoms with Crippen molar-refractivity contribution >= 4 is 33.5 Å². The van der Waals surface area contributed by atoms with Crippen molar-refractivity contribution in [2.24, 2.45) is 0 Å². The fraction of sp³-hybridized carbons (Fsp3) is 0.227. The molecule has 0 spiro atoms. The highest BCUT2D eigenvalue weighted by atomic mass is 79.9. The fourth-order valence-corrected chi connectivity index (χ4v) is 3.74. The number of benzene rings is 2. The van der Waals surface area contributed by atoms with Crippen LogP contribution < -0.4 is 10.2 Å². The molecule has 1 saturated heterocycles. The SMILES string of the molecule is O=C(Nc1cccc(Br)c1)c1cccc(-c2cnc(N3CCCCC3)nc2)c1. The van der Waals surface area contributed by atoms with Crippen molar-refractivity contribution in [3.63, 3.8) is 0 Å². The van der Waals surface area contributed by atoms with Gasteiger partial charge in [0.2, 0.25) is 5.95 Å². The second kappa shape index (κ2) is 8.52. The van der Waals surface area contributed by atoms with E-state index in [0.717, 1.165) is 40.3 Å². The van der Waals surface area contributed by atoms with Crippen LogP contribution >= 0.6 is 15.9 Å². The van der Waals surface area contributed by atoms with E-state index in [1.54, 1.807) is 6.07 Å². The van der Waals surface area contributed by atoms with Crippen LogP contribution in [-0.4, -0.2) is 29.0 Å². The van der Waals surface area contributed by atoms with E-state index in [1.165, 1.54) is 19.3 Å². The molecule has 142 valence electrons. The molecule has 0 unspecified atom stereocenters. The van der Waals surface area contributed by atoms with Crippen molar-refractivity contribution in [1.82, 2.24) is 9.97 Å². The van der Waals surface area contributed by atoms with E-state index in [1.807, 2.05) is 54.9 Å². The average Bonchev–Trinajstić information content (AvgIpc) is 2.75. The van der Waals surface area contributed by atoms with Crippen LogP contribution in [0.5, 0.6) is 0 Å². The second-order valence-electron chi connectivity index (χ2n) is 6.86. The first kappa shape index (κ1) is 18.6. The molecule has 1 fully saturated rings. The van der Waals surface area contributed by atoms with Crippen molar-refractivity contribution in [2.45, 2.75) is 19.3 Å². The Morgan fingerprint density at radius 1 is 0.929 bits per heavy atom. The molecule has 1 N–H and O–H groups in total. The summed E-state index contributed by atoms with van der Waals surface area (Å²) in [6, 6.07) is 15.1. The van der Waals surface area contributed by atoms with E-state index in [4.69, 9.17) is 0 Å². The molecule has 1 aromatic heterocycles. The normalized spacial score (nSPS) is 14.0. The largest absolute Gasteiger partial charge is 0.341 e. The van der Waals surface area contributed by atoms with Crippen LogP contribution in [0.25, 0.3) is 11.1 Å². The summed E-state index contributed by atoms with van der Waals surface area (Å²) in [6.45, 7) is 2.04. The van der Waals surface area contributed by atoms with Gasteiger partial charge in [0.05, 0.1) is 0 Å². The Bertz CT molecular complexity index is 968. The monoisotopic (exact) mass is 436 g/mol. The topological polar surface area (TPSA) is 58.1 Å². The molecule has 2 aromatic carbocycles. The van der Waals surface area contributed by atoms with E-state index in [2.05, 4.69) is 36.1 Å². The first-order valence-corrected chi connectivity index (χ1v) is 10.2. The third-order valence-corrected chi connectivity index (χ3v) is 5.31. The number of anilines is 2. The zero-order valence-electron chi connectivity index (χ0n) is 15.4. The summed E-state index contributed by atoms with van der Waals surface area (Å²) in [7, 11) is 0. The van der Waals surface area contributed by atoms with Gasteiger partial charge in [0.15, 0.2) is 0 Å². The summed E-state index contributed by atoms with van der Waals surface area (Å²) in [5, 5.41) is 2.92. The fourth-order valence-electron chi connectivity index (χ4n) is 3.34.